The highest BCUT2D eigenvalue weighted by Gasteiger charge is 2.12. The molecule has 4 nitrogen and oxygen atoms in total. The maximum absolute atomic E-state index is 5.16. The third-order valence-corrected chi connectivity index (χ3v) is 4.91. The summed E-state index contributed by atoms with van der Waals surface area (Å²) in [5.41, 5.74) is 3.07. The van der Waals surface area contributed by atoms with Crippen LogP contribution in [-0.2, 0) is 0 Å². The molecule has 0 saturated heterocycles. The fourth-order valence-electron chi connectivity index (χ4n) is 2.01. The molecule has 0 spiro atoms. The molecule has 1 aromatic carbocycles. The Morgan fingerprint density at radius 3 is 2.95 bits per heavy atom. The number of hydrogen-bond acceptors (Lipinski definition) is 4. The van der Waals surface area contributed by atoms with Crippen molar-refractivity contribution in [1.29, 1.82) is 0 Å². The SMILES string of the molecule is S=c1[nH]c2c[n+](Sc3nc4ccccc4[nH]3)ccc2s1. The van der Waals surface area contributed by atoms with Crippen molar-refractivity contribution in [2.75, 3.05) is 0 Å². The van der Waals surface area contributed by atoms with Gasteiger partial charge in [-0.3, -0.25) is 0 Å². The standard InChI is InChI=1S/C13H8N4S3/c18-13-16-10-7-17(6-5-11(10)19-13)20-12-14-8-3-1-2-4-9(8)15-12/h1-7H,(H-,14,15,16,18)/p+1. The van der Waals surface area contributed by atoms with Gasteiger partial charge in [-0.25, -0.2) is 4.98 Å². The molecule has 0 bridgehead atoms. The molecule has 0 fully saturated rings. The molecule has 0 unspecified atom stereocenters. The van der Waals surface area contributed by atoms with Gasteiger partial charge in [0.15, 0.2) is 10.2 Å². The van der Waals surface area contributed by atoms with Crippen molar-refractivity contribution in [3.8, 4) is 0 Å². The van der Waals surface area contributed by atoms with Crippen molar-refractivity contribution in [3.05, 3.63) is 46.7 Å². The molecule has 0 aliphatic carbocycles. The van der Waals surface area contributed by atoms with E-state index < -0.39 is 0 Å². The lowest BCUT2D eigenvalue weighted by Crippen LogP contribution is -2.23. The zero-order valence-electron chi connectivity index (χ0n) is 10.2. The van der Waals surface area contributed by atoms with E-state index in [0.29, 0.717) is 0 Å². The largest absolute Gasteiger partial charge is 0.332 e. The summed E-state index contributed by atoms with van der Waals surface area (Å²) in [4.78, 5) is 11.0. The summed E-state index contributed by atoms with van der Waals surface area (Å²) < 4.78 is 3.97. The van der Waals surface area contributed by atoms with Gasteiger partial charge in [0.1, 0.15) is 5.52 Å². The highest BCUT2D eigenvalue weighted by molar-refractivity contribution is 7.92. The Balaban J connectivity index is 1.73. The van der Waals surface area contributed by atoms with Gasteiger partial charge >= 0.3 is 0 Å². The molecule has 0 amide bonds. The molecule has 98 valence electrons. The maximum Gasteiger partial charge on any atom is 0.242 e. The summed E-state index contributed by atoms with van der Waals surface area (Å²) in [6.45, 7) is 0. The first-order valence-corrected chi connectivity index (χ1v) is 7.95. The molecular weight excluding hydrogens is 308 g/mol. The van der Waals surface area contributed by atoms with E-state index >= 15 is 0 Å². The lowest BCUT2D eigenvalue weighted by molar-refractivity contribution is -0.493. The monoisotopic (exact) mass is 317 g/mol. The van der Waals surface area contributed by atoms with Gasteiger partial charge in [-0.15, -0.1) is 15.3 Å². The summed E-state index contributed by atoms with van der Waals surface area (Å²) in [5.74, 6) is 0. The predicted octanol–water partition coefficient (Wildman–Crippen LogP) is 3.68. The van der Waals surface area contributed by atoms with Gasteiger partial charge in [-0.05, 0) is 24.4 Å². The minimum atomic E-state index is 0.798. The van der Waals surface area contributed by atoms with Gasteiger partial charge in [-0.1, -0.05) is 12.1 Å². The van der Waals surface area contributed by atoms with E-state index in [2.05, 4.69) is 21.0 Å². The molecule has 20 heavy (non-hydrogen) atoms. The molecule has 0 aliphatic rings. The molecule has 4 aromatic rings. The quantitative estimate of drug-likeness (QED) is 0.438. The van der Waals surface area contributed by atoms with Crippen LogP contribution in [-0.4, -0.2) is 15.0 Å². The van der Waals surface area contributed by atoms with E-state index in [1.54, 1.807) is 11.3 Å². The summed E-state index contributed by atoms with van der Waals surface area (Å²) in [5, 5.41) is 0.865. The number of rotatable bonds is 2. The molecule has 3 aromatic heterocycles. The number of aromatic nitrogens is 4. The number of fused-ring (bicyclic) bond motifs is 2. The van der Waals surface area contributed by atoms with Crippen molar-refractivity contribution in [3.63, 3.8) is 0 Å². The number of para-hydroxylation sites is 2. The lowest BCUT2D eigenvalue weighted by atomic mass is 10.3. The predicted molar refractivity (Wildman–Crippen MR) is 84.6 cm³/mol. The Morgan fingerprint density at radius 1 is 1.15 bits per heavy atom. The van der Waals surface area contributed by atoms with Crippen LogP contribution in [0.1, 0.15) is 0 Å². The third kappa shape index (κ3) is 2.13. The van der Waals surface area contributed by atoms with E-state index in [0.717, 1.165) is 30.4 Å². The minimum Gasteiger partial charge on any atom is -0.332 e. The number of pyridine rings is 1. The zero-order valence-corrected chi connectivity index (χ0v) is 12.6. The summed E-state index contributed by atoms with van der Waals surface area (Å²) in [6.07, 6.45) is 4.04. The number of nitrogens with zero attached hydrogens (tertiary/aromatic N) is 2. The second-order valence-electron chi connectivity index (χ2n) is 4.25. The van der Waals surface area contributed by atoms with E-state index in [-0.39, 0.29) is 0 Å². The fourth-order valence-corrected chi connectivity index (χ4v) is 3.87. The van der Waals surface area contributed by atoms with Gasteiger partial charge in [0.05, 0.1) is 15.7 Å². The molecule has 7 heteroatoms. The third-order valence-electron chi connectivity index (χ3n) is 2.89. The summed E-state index contributed by atoms with van der Waals surface area (Å²) in [7, 11) is 0. The van der Waals surface area contributed by atoms with Gasteiger partial charge in [0, 0.05) is 6.07 Å². The van der Waals surface area contributed by atoms with E-state index in [9.17, 15) is 0 Å². The molecule has 0 saturated carbocycles. The van der Waals surface area contributed by atoms with Gasteiger partial charge in [0.25, 0.3) is 0 Å². The van der Waals surface area contributed by atoms with Crippen LogP contribution in [0.3, 0.4) is 0 Å². The molecular formula is C13H9N4S3+. The van der Waals surface area contributed by atoms with Crippen LogP contribution in [0.15, 0.2) is 47.9 Å². The molecule has 4 rings (SSSR count). The van der Waals surface area contributed by atoms with Crippen LogP contribution in [0.5, 0.6) is 0 Å². The minimum absolute atomic E-state index is 0.798. The molecule has 2 N–H and O–H groups in total. The first-order chi connectivity index (χ1) is 9.78. The maximum atomic E-state index is 5.16. The Bertz CT molecular complexity index is 933. The fraction of sp³-hybridized carbons (Fsp3) is 0. The van der Waals surface area contributed by atoms with Crippen molar-refractivity contribution < 1.29 is 3.97 Å². The summed E-state index contributed by atoms with van der Waals surface area (Å²) in [6, 6.07) is 10.1. The first kappa shape index (κ1) is 12.1. The van der Waals surface area contributed by atoms with Crippen molar-refractivity contribution in [2.24, 2.45) is 0 Å². The number of benzene rings is 1. The van der Waals surface area contributed by atoms with Gasteiger partial charge in [0.2, 0.25) is 23.3 Å². The van der Waals surface area contributed by atoms with E-state index in [4.69, 9.17) is 12.2 Å². The average Bonchev–Trinajstić information content (AvgIpc) is 2.99. The number of aromatic amines is 2. The van der Waals surface area contributed by atoms with E-state index in [1.807, 2.05) is 40.6 Å². The van der Waals surface area contributed by atoms with Crippen LogP contribution in [0, 0.1) is 3.95 Å². The second kappa shape index (κ2) is 4.69. The van der Waals surface area contributed by atoms with Gasteiger partial charge < -0.3 is 9.97 Å². The lowest BCUT2D eigenvalue weighted by Gasteiger charge is -1.90. The topological polar surface area (TPSA) is 48.4 Å². The first-order valence-electron chi connectivity index (χ1n) is 5.95. The normalized spacial score (nSPS) is 11.4. The highest BCUT2D eigenvalue weighted by Crippen LogP contribution is 2.20. The number of thiazole rings is 1. The number of hydrogen-bond donors (Lipinski definition) is 2. The molecule has 0 aliphatic heterocycles. The number of imidazole rings is 1. The summed E-state index contributed by atoms with van der Waals surface area (Å²) >= 11 is 8.28. The highest BCUT2D eigenvalue weighted by atomic mass is 32.2. The van der Waals surface area contributed by atoms with E-state index in [1.165, 1.54) is 11.9 Å². The van der Waals surface area contributed by atoms with Crippen LogP contribution >= 0.6 is 35.5 Å². The van der Waals surface area contributed by atoms with Crippen LogP contribution < -0.4 is 3.97 Å². The Hall–Kier alpha value is -1.70. The Morgan fingerprint density at radius 2 is 2.05 bits per heavy atom. The molecule has 0 radical (unpaired) electrons. The van der Waals surface area contributed by atoms with Crippen LogP contribution in [0.25, 0.3) is 21.3 Å². The zero-order chi connectivity index (χ0) is 13.5. The van der Waals surface area contributed by atoms with Crippen molar-refractivity contribution >= 4 is 56.8 Å². The molecule has 0 atom stereocenters. The van der Waals surface area contributed by atoms with Crippen molar-refractivity contribution in [1.82, 2.24) is 15.0 Å². The Kier molecular flexibility index (Phi) is 2.83. The van der Waals surface area contributed by atoms with Crippen molar-refractivity contribution in [2.45, 2.75) is 5.16 Å². The van der Waals surface area contributed by atoms with Crippen LogP contribution in [0.4, 0.5) is 0 Å². The number of nitrogens with one attached hydrogen (secondary N) is 2. The second-order valence-corrected chi connectivity index (χ2v) is 6.96. The van der Waals surface area contributed by atoms with Crippen LogP contribution in [0.2, 0.25) is 0 Å². The average molecular weight is 317 g/mol. The smallest absolute Gasteiger partial charge is 0.242 e. The molecule has 3 heterocycles. The number of H-pyrrole nitrogens is 2. The Labute approximate surface area is 127 Å². The van der Waals surface area contributed by atoms with Gasteiger partial charge in [-0.2, -0.15) is 0 Å².